The van der Waals surface area contributed by atoms with Crippen LogP contribution in [0.3, 0.4) is 0 Å². The summed E-state index contributed by atoms with van der Waals surface area (Å²) >= 11 is 2.16. The van der Waals surface area contributed by atoms with Crippen LogP contribution in [0.5, 0.6) is 23.0 Å². The first kappa shape index (κ1) is 72.3. The molecular weight excluding hydrogens is 1230 g/mol. The van der Waals surface area contributed by atoms with Gasteiger partial charge in [0.2, 0.25) is 0 Å². The van der Waals surface area contributed by atoms with E-state index in [2.05, 4.69) is 18.0 Å². The molecule has 2 fully saturated rings. The molecule has 23 nitrogen and oxygen atoms in total. The van der Waals surface area contributed by atoms with Gasteiger partial charge in [0, 0.05) is 25.0 Å². The molecule has 2 saturated carbocycles. The Morgan fingerprint density at radius 1 is 0.533 bits per heavy atom. The van der Waals surface area contributed by atoms with Crippen molar-refractivity contribution in [1.29, 1.82) is 5.26 Å². The Bertz CT molecular complexity index is 3310. The average Bonchev–Trinajstić information content (AvgIpc) is 1.55. The molecule has 0 N–H and O–H groups in total. The second-order valence-electron chi connectivity index (χ2n) is 22.1. The highest BCUT2D eigenvalue weighted by Gasteiger charge is 2.38. The molecule has 3 aromatic carbocycles. The number of hydrogen-bond donors (Lipinski definition) is 0. The maximum Gasteiger partial charge on any atom is 0.330 e. The third-order valence-corrected chi connectivity index (χ3v) is 17.6. The van der Waals surface area contributed by atoms with Crippen LogP contribution in [-0.2, 0) is 93.9 Å². The van der Waals surface area contributed by atoms with Gasteiger partial charge in [0.05, 0.1) is 102 Å². The van der Waals surface area contributed by atoms with Crippen LogP contribution in [-0.4, -0.2) is 111 Å². The van der Waals surface area contributed by atoms with Crippen molar-refractivity contribution >= 4 is 83.2 Å². The van der Waals surface area contributed by atoms with Gasteiger partial charge in [-0.3, -0.25) is 38.4 Å². The van der Waals surface area contributed by atoms with E-state index < -0.39 is 102 Å². The fourth-order valence-electron chi connectivity index (χ4n) is 9.77. The summed E-state index contributed by atoms with van der Waals surface area (Å²) in [6.45, 7) is 22.7. The van der Waals surface area contributed by atoms with E-state index >= 15 is 0 Å². The van der Waals surface area contributed by atoms with Gasteiger partial charge in [-0.05, 0) is 133 Å². The minimum absolute atomic E-state index is 0.0470. The first-order valence-corrected chi connectivity index (χ1v) is 31.7. The third kappa shape index (κ3) is 22.6. The lowest BCUT2D eigenvalue weighted by atomic mass is 9.82. The van der Waals surface area contributed by atoms with Crippen molar-refractivity contribution in [1.82, 2.24) is 0 Å². The predicted molar refractivity (Wildman–Crippen MR) is 330 cm³/mol. The van der Waals surface area contributed by atoms with Gasteiger partial charge in [-0.2, -0.15) is 0 Å². The molecule has 2 aliphatic carbocycles. The lowest BCUT2D eigenvalue weighted by molar-refractivity contribution is -0.157. The molecule has 1 heterocycles. The topological polar surface area (TPSA) is 300 Å². The number of fused-ring (bicyclic) bond motifs is 1. The molecule has 1 aliphatic heterocycles. The van der Waals surface area contributed by atoms with Gasteiger partial charge >= 0.3 is 59.7 Å². The molecule has 3 unspecified atom stereocenters. The number of benzene rings is 3. The number of carbonyl (C=O) groups excluding carboxylic acids is 10. The van der Waals surface area contributed by atoms with Gasteiger partial charge in [0.1, 0.15) is 47.9 Å². The second kappa shape index (κ2) is 36.3. The Morgan fingerprint density at radius 3 is 1.26 bits per heavy atom. The maximum absolute atomic E-state index is 13.9. The lowest BCUT2D eigenvalue weighted by Gasteiger charge is -2.27. The van der Waals surface area contributed by atoms with E-state index in [0.29, 0.717) is 101 Å². The second-order valence-corrected chi connectivity index (χ2v) is 24.4. The predicted octanol–water partition coefficient (Wildman–Crippen LogP) is 10.2. The number of carbonyl (C=O) groups is 10. The normalized spacial score (nSPS) is 18.0. The lowest BCUT2D eigenvalue weighted by Crippen LogP contribution is -2.31. The summed E-state index contributed by atoms with van der Waals surface area (Å²) in [5.41, 5.74) is 2.45. The van der Waals surface area contributed by atoms with Gasteiger partial charge in [-0.15, -0.1) is 0 Å². The number of esters is 10. The van der Waals surface area contributed by atoms with Crippen LogP contribution in [0.25, 0.3) is 4.85 Å². The standard InChI is InChI=1S/C67H74N2O21S2/c1-9-53(70)83-38-41(5)86-58(75)30-28-56(73)82-34-32-45-13-25-51(26-14-45)88-64(77)47-17-21-49(22-18-47)66(79)90-60-43(7)42(6)59(61-62(60)92-67(91-61)52(35-68)69-8)89-65(78)48-19-15-46(16-20-48)63(76)87-50-23-11-44(12-24-50)31-33-81-55(72)27-29-57(74)85-40(4)37-80-36-39(3)84-54(71)10-2/h9-14,23-26,39-41,46-49H,1-2,15-22,27-34,36-38H2,3-7H3/b67-52-/t39?,40?,41?,46-,47-,48-,49-. The summed E-state index contributed by atoms with van der Waals surface area (Å²) in [6, 6.07) is 15.4. The third-order valence-electron chi connectivity index (χ3n) is 15.0. The van der Waals surface area contributed by atoms with E-state index in [0.717, 1.165) is 46.8 Å². The minimum Gasteiger partial charge on any atom is -0.465 e. The Kier molecular flexibility index (Phi) is 28.5. The maximum atomic E-state index is 13.9. The smallest absolute Gasteiger partial charge is 0.330 e. The van der Waals surface area contributed by atoms with Crippen LogP contribution in [0.4, 0.5) is 0 Å². The number of thioether (sulfide) groups is 2. The van der Waals surface area contributed by atoms with Gasteiger partial charge < -0.3 is 52.1 Å². The van der Waals surface area contributed by atoms with E-state index in [-0.39, 0.29) is 75.9 Å². The zero-order chi connectivity index (χ0) is 66.9. The number of ether oxygens (including phenoxy) is 11. The minimum atomic E-state index is -0.701. The van der Waals surface area contributed by atoms with E-state index in [4.69, 9.17) is 58.7 Å². The number of rotatable bonds is 31. The zero-order valence-corrected chi connectivity index (χ0v) is 53.6. The first-order valence-electron chi connectivity index (χ1n) is 30.1. The Balaban J connectivity index is 0.915. The molecule has 0 radical (unpaired) electrons. The van der Waals surface area contributed by atoms with Gasteiger partial charge in [-0.1, -0.05) is 60.9 Å². The molecule has 6 rings (SSSR count). The van der Waals surface area contributed by atoms with E-state index in [1.165, 1.54) is 0 Å². The molecule has 0 bridgehead atoms. The molecule has 3 aliphatic rings. The fourth-order valence-corrected chi connectivity index (χ4v) is 12.4. The monoisotopic (exact) mass is 1310 g/mol. The highest BCUT2D eigenvalue weighted by atomic mass is 32.2. The van der Waals surface area contributed by atoms with Gasteiger partial charge in [0.15, 0.2) is 0 Å². The van der Waals surface area contributed by atoms with Crippen molar-refractivity contribution in [2.45, 2.75) is 153 Å². The molecule has 0 saturated heterocycles. The van der Waals surface area contributed by atoms with Crippen molar-refractivity contribution in [2.24, 2.45) is 23.7 Å². The molecule has 0 spiro atoms. The van der Waals surface area contributed by atoms with E-state index in [9.17, 15) is 53.2 Å². The van der Waals surface area contributed by atoms with Crippen LogP contribution in [0.2, 0.25) is 0 Å². The van der Waals surface area contributed by atoms with Crippen LogP contribution in [0, 0.1) is 55.4 Å². The number of nitriles is 1. The van der Waals surface area contributed by atoms with E-state index in [1.54, 1.807) is 83.1 Å². The SMILES string of the molecule is [C-]#[N+]/C(C#N)=C1/Sc2c(OC(=O)[C@H]3CC[C@H](C(=O)Oc4ccc(CCOC(=O)CCC(=O)OC(C)COCC(C)OC(=O)C=C)cc4)CC3)c(C)c(C)c(OC(=O)[C@H]3CC[C@H](C(=O)Oc4ccc(CCOC(=O)CCC(=O)OC(C)COC(=O)C=C)cc4)CC3)c2S1. The zero-order valence-electron chi connectivity index (χ0n) is 51.9. The van der Waals surface area contributed by atoms with E-state index in [1.807, 2.05) is 6.07 Å². The van der Waals surface area contributed by atoms with Crippen molar-refractivity contribution in [3.8, 4) is 29.1 Å². The van der Waals surface area contributed by atoms with Crippen molar-refractivity contribution < 1.29 is 100 Å². The van der Waals surface area contributed by atoms with Crippen molar-refractivity contribution in [2.75, 3.05) is 33.0 Å². The molecule has 0 amide bonds. The van der Waals surface area contributed by atoms with Crippen LogP contribution in [0.1, 0.15) is 120 Å². The summed E-state index contributed by atoms with van der Waals surface area (Å²) in [6.07, 6.45) is 2.98. The molecule has 25 heteroatoms. The van der Waals surface area contributed by atoms with Crippen LogP contribution in [0.15, 0.2) is 93.6 Å². The number of nitrogens with zero attached hydrogens (tertiary/aromatic N) is 2. The van der Waals surface area contributed by atoms with Crippen molar-refractivity contribution in [3.63, 3.8) is 0 Å². The first-order chi connectivity index (χ1) is 44.1. The summed E-state index contributed by atoms with van der Waals surface area (Å²) in [5, 5.41) is 9.83. The van der Waals surface area contributed by atoms with Crippen LogP contribution >= 0.6 is 23.5 Å². The fraction of sp³-hybridized carbons (Fsp3) is 0.463. The molecule has 3 atom stereocenters. The Morgan fingerprint density at radius 2 is 0.891 bits per heavy atom. The molecule has 0 aromatic heterocycles. The van der Waals surface area contributed by atoms with Crippen molar-refractivity contribution in [3.05, 3.63) is 117 Å². The molecule has 490 valence electrons. The Hall–Kier alpha value is -8.78. The molecule has 92 heavy (non-hydrogen) atoms. The van der Waals surface area contributed by atoms with Gasteiger partial charge in [-0.25, -0.2) is 19.7 Å². The molecule has 3 aromatic rings. The summed E-state index contributed by atoms with van der Waals surface area (Å²) in [4.78, 5) is 130. The summed E-state index contributed by atoms with van der Waals surface area (Å²) in [7, 11) is 0. The quantitative estimate of drug-likeness (QED) is 0.0144. The van der Waals surface area contributed by atoms with Crippen LogP contribution < -0.4 is 18.9 Å². The Labute approximate surface area is 541 Å². The average molecular weight is 1310 g/mol. The highest BCUT2D eigenvalue weighted by Crippen LogP contribution is 2.61. The summed E-state index contributed by atoms with van der Waals surface area (Å²) < 4.78 is 60.2. The largest absolute Gasteiger partial charge is 0.465 e. The highest BCUT2D eigenvalue weighted by molar-refractivity contribution is 8.24. The summed E-state index contributed by atoms with van der Waals surface area (Å²) in [5.74, 6) is -6.56. The number of hydrogen-bond acceptors (Lipinski definition) is 24. The van der Waals surface area contributed by atoms with Gasteiger partial charge in [0.25, 0.3) is 5.70 Å². The molecular formula is C67H74N2O21S2. The number of allylic oxidation sites excluding steroid dienone is 1.